The molecule has 9 heteroatoms. The van der Waals surface area contributed by atoms with Crippen molar-refractivity contribution < 1.29 is 24.3 Å². The van der Waals surface area contributed by atoms with Crippen molar-refractivity contribution in [3.63, 3.8) is 0 Å². The summed E-state index contributed by atoms with van der Waals surface area (Å²) in [6.07, 6.45) is 1.81. The van der Waals surface area contributed by atoms with Crippen LogP contribution in [0.5, 0.6) is 11.5 Å². The highest BCUT2D eigenvalue weighted by Gasteiger charge is 2.19. The van der Waals surface area contributed by atoms with Gasteiger partial charge in [-0.25, -0.2) is 0 Å². The number of hydrogen-bond acceptors (Lipinski definition) is 8. The lowest BCUT2D eigenvalue weighted by Gasteiger charge is -2.26. The zero-order valence-corrected chi connectivity index (χ0v) is 13.5. The van der Waals surface area contributed by atoms with Gasteiger partial charge in [0.2, 0.25) is 0 Å². The number of methoxy groups -OCH3 is 1. The molecule has 0 aromatic heterocycles. The molecule has 0 radical (unpaired) electrons. The number of benzene rings is 1. The third kappa shape index (κ3) is 4.80. The second-order valence-corrected chi connectivity index (χ2v) is 5.22. The van der Waals surface area contributed by atoms with Crippen LogP contribution in [0, 0.1) is 10.1 Å². The second kappa shape index (κ2) is 9.04. The van der Waals surface area contributed by atoms with Crippen molar-refractivity contribution in [2.75, 3.05) is 46.6 Å². The van der Waals surface area contributed by atoms with Crippen molar-refractivity contribution in [1.29, 1.82) is 0 Å². The molecule has 0 aliphatic carbocycles. The van der Waals surface area contributed by atoms with Crippen LogP contribution in [0.3, 0.4) is 0 Å². The monoisotopic (exact) mass is 339 g/mol. The molecule has 0 bridgehead atoms. The van der Waals surface area contributed by atoms with Crippen molar-refractivity contribution in [2.24, 2.45) is 5.16 Å². The van der Waals surface area contributed by atoms with Gasteiger partial charge in [0.05, 0.1) is 49.7 Å². The largest absolute Gasteiger partial charge is 0.493 e. The minimum Gasteiger partial charge on any atom is -0.493 e. The van der Waals surface area contributed by atoms with Crippen molar-refractivity contribution in [3.8, 4) is 11.5 Å². The second-order valence-electron chi connectivity index (χ2n) is 5.22. The van der Waals surface area contributed by atoms with Crippen LogP contribution in [0.25, 0.3) is 0 Å². The molecule has 24 heavy (non-hydrogen) atoms. The molecule has 0 saturated carbocycles. The highest BCUT2D eigenvalue weighted by Crippen LogP contribution is 2.34. The van der Waals surface area contributed by atoms with Gasteiger partial charge in [-0.2, -0.15) is 0 Å². The maximum atomic E-state index is 11.1. The van der Waals surface area contributed by atoms with Crippen LogP contribution >= 0.6 is 0 Å². The Bertz CT molecular complexity index is 587. The highest BCUT2D eigenvalue weighted by molar-refractivity contribution is 5.86. The maximum Gasteiger partial charge on any atom is 0.282 e. The third-order valence-corrected chi connectivity index (χ3v) is 3.69. The first-order valence-corrected chi connectivity index (χ1v) is 7.62. The molecule has 1 fully saturated rings. The number of nitrogens with zero attached hydrogens (tertiary/aromatic N) is 3. The van der Waals surface area contributed by atoms with E-state index in [0.29, 0.717) is 12.4 Å². The van der Waals surface area contributed by atoms with Gasteiger partial charge >= 0.3 is 0 Å². The Morgan fingerprint density at radius 3 is 2.79 bits per heavy atom. The van der Waals surface area contributed by atoms with E-state index in [1.165, 1.54) is 19.2 Å². The molecule has 1 aromatic carbocycles. The fraction of sp³-hybridized carbons (Fsp3) is 0.533. The Hall–Kier alpha value is -2.39. The van der Waals surface area contributed by atoms with E-state index in [2.05, 4.69) is 10.1 Å². The van der Waals surface area contributed by atoms with Crippen molar-refractivity contribution in [2.45, 2.75) is 6.42 Å². The molecule has 0 amide bonds. The minimum atomic E-state index is -0.568. The standard InChI is InChI=1S/C15H21N3O6/c1-22-14-10-13(18(20)21)12(11-16-19)9-15(14)24-6-2-3-17-4-7-23-8-5-17/h9-11,19H,2-8H2,1H3/b16-11+. The number of hydrogen-bond donors (Lipinski definition) is 1. The number of oxime groups is 1. The molecule has 0 spiro atoms. The van der Waals surface area contributed by atoms with Gasteiger partial charge in [-0.05, 0) is 12.5 Å². The predicted molar refractivity (Wildman–Crippen MR) is 86.4 cm³/mol. The topological polar surface area (TPSA) is 107 Å². The van der Waals surface area contributed by atoms with Crippen LogP contribution in [0.1, 0.15) is 12.0 Å². The predicted octanol–water partition coefficient (Wildman–Crippen LogP) is 1.51. The molecule has 1 aliphatic rings. The van der Waals surface area contributed by atoms with Crippen LogP contribution in [-0.2, 0) is 4.74 Å². The smallest absolute Gasteiger partial charge is 0.282 e. The summed E-state index contributed by atoms with van der Waals surface area (Å²) in [5.74, 6) is 0.642. The van der Waals surface area contributed by atoms with Crippen LogP contribution in [0.2, 0.25) is 0 Å². The van der Waals surface area contributed by atoms with Crippen LogP contribution in [0.15, 0.2) is 17.3 Å². The van der Waals surface area contributed by atoms with E-state index in [-0.39, 0.29) is 17.0 Å². The molecule has 0 unspecified atom stereocenters. The van der Waals surface area contributed by atoms with Gasteiger partial charge in [0.15, 0.2) is 11.5 Å². The summed E-state index contributed by atoms with van der Waals surface area (Å²) in [5, 5.41) is 22.6. The van der Waals surface area contributed by atoms with Crippen molar-refractivity contribution in [1.82, 2.24) is 4.90 Å². The molecule has 132 valence electrons. The van der Waals surface area contributed by atoms with E-state index < -0.39 is 4.92 Å². The lowest BCUT2D eigenvalue weighted by molar-refractivity contribution is -0.385. The lowest BCUT2D eigenvalue weighted by atomic mass is 10.1. The van der Waals surface area contributed by atoms with Crippen LogP contribution in [-0.4, -0.2) is 67.8 Å². The Morgan fingerprint density at radius 1 is 1.42 bits per heavy atom. The fourth-order valence-corrected chi connectivity index (χ4v) is 2.46. The first-order valence-electron chi connectivity index (χ1n) is 7.62. The molecule has 1 aliphatic heterocycles. The quantitative estimate of drug-likeness (QED) is 0.251. The van der Waals surface area contributed by atoms with Gasteiger partial charge < -0.3 is 19.4 Å². The number of nitro groups is 1. The van der Waals surface area contributed by atoms with E-state index in [4.69, 9.17) is 19.4 Å². The zero-order valence-electron chi connectivity index (χ0n) is 13.5. The Balaban J connectivity index is 1.99. The number of ether oxygens (including phenoxy) is 3. The zero-order chi connectivity index (χ0) is 17.4. The normalized spacial score (nSPS) is 15.5. The van der Waals surface area contributed by atoms with Crippen molar-refractivity contribution in [3.05, 3.63) is 27.8 Å². The van der Waals surface area contributed by atoms with E-state index in [1.807, 2.05) is 0 Å². The molecule has 1 N–H and O–H groups in total. The molecule has 9 nitrogen and oxygen atoms in total. The molecule has 1 aromatic rings. The summed E-state index contributed by atoms with van der Waals surface area (Å²) in [5.41, 5.74) is -0.0724. The summed E-state index contributed by atoms with van der Waals surface area (Å²) in [6, 6.07) is 2.69. The molecule has 1 saturated heterocycles. The van der Waals surface area contributed by atoms with Gasteiger partial charge in [-0.15, -0.1) is 0 Å². The Kier molecular flexibility index (Phi) is 6.76. The van der Waals surface area contributed by atoms with E-state index in [9.17, 15) is 10.1 Å². The SMILES string of the molecule is COc1cc([N+](=O)[O-])c(/C=N/O)cc1OCCCN1CCOCC1. The number of rotatable bonds is 8. The summed E-state index contributed by atoms with van der Waals surface area (Å²) in [6.45, 7) is 4.67. The van der Waals surface area contributed by atoms with Gasteiger partial charge in [0, 0.05) is 19.6 Å². The minimum absolute atomic E-state index is 0.145. The Labute approximate surface area is 139 Å². The average molecular weight is 339 g/mol. The van der Waals surface area contributed by atoms with E-state index >= 15 is 0 Å². The molecular formula is C15H21N3O6. The average Bonchev–Trinajstić information content (AvgIpc) is 2.59. The molecule has 2 rings (SSSR count). The fourth-order valence-electron chi connectivity index (χ4n) is 2.46. The first-order chi connectivity index (χ1) is 11.7. The van der Waals surface area contributed by atoms with Gasteiger partial charge in [0.25, 0.3) is 5.69 Å². The number of nitro benzene ring substituents is 1. The van der Waals surface area contributed by atoms with Gasteiger partial charge in [0.1, 0.15) is 0 Å². The maximum absolute atomic E-state index is 11.1. The van der Waals surface area contributed by atoms with Crippen LogP contribution in [0.4, 0.5) is 5.69 Å². The van der Waals surface area contributed by atoms with Crippen molar-refractivity contribution >= 4 is 11.9 Å². The van der Waals surface area contributed by atoms with E-state index in [0.717, 1.165) is 45.5 Å². The summed E-state index contributed by atoms with van der Waals surface area (Å²) >= 11 is 0. The summed E-state index contributed by atoms with van der Waals surface area (Å²) in [7, 11) is 1.42. The van der Waals surface area contributed by atoms with Gasteiger partial charge in [-0.1, -0.05) is 5.16 Å². The summed E-state index contributed by atoms with van der Waals surface area (Å²) < 4.78 is 16.1. The van der Waals surface area contributed by atoms with Gasteiger partial charge in [-0.3, -0.25) is 15.0 Å². The Morgan fingerprint density at radius 2 is 2.17 bits per heavy atom. The van der Waals surface area contributed by atoms with Crippen LogP contribution < -0.4 is 9.47 Å². The summed E-state index contributed by atoms with van der Waals surface area (Å²) in [4.78, 5) is 12.8. The highest BCUT2D eigenvalue weighted by atomic mass is 16.6. The van der Waals surface area contributed by atoms with E-state index in [1.54, 1.807) is 0 Å². The lowest BCUT2D eigenvalue weighted by Crippen LogP contribution is -2.37. The number of morpholine rings is 1. The molecule has 0 atom stereocenters. The third-order valence-electron chi connectivity index (χ3n) is 3.69. The first kappa shape index (κ1) is 18.0. The molecular weight excluding hydrogens is 318 g/mol. The molecule has 1 heterocycles.